The summed E-state index contributed by atoms with van der Waals surface area (Å²) in [5, 5.41) is 2.73. The number of methoxy groups -OCH3 is 1. The number of carbonyl (C=O) groups excluding carboxylic acids is 1. The van der Waals surface area contributed by atoms with Crippen LogP contribution in [0.5, 0.6) is 5.88 Å². The predicted molar refractivity (Wildman–Crippen MR) is 108 cm³/mol. The SMILES string of the molecule is COc1cnc(C(=O)Nc2ccc(F)c([C@@]3(C)N=C(N)OC4=C3CCCC4)c2)cn1. The zero-order chi connectivity index (χ0) is 21.3. The van der Waals surface area contributed by atoms with Crippen LogP contribution in [0.4, 0.5) is 10.1 Å². The van der Waals surface area contributed by atoms with Gasteiger partial charge in [0, 0.05) is 23.2 Å². The number of allylic oxidation sites excluding steroid dienone is 1. The van der Waals surface area contributed by atoms with Gasteiger partial charge in [0.1, 0.15) is 22.8 Å². The summed E-state index contributed by atoms with van der Waals surface area (Å²) in [6.45, 7) is 1.82. The zero-order valence-electron chi connectivity index (χ0n) is 16.7. The number of ether oxygens (including phenoxy) is 2. The molecule has 0 radical (unpaired) electrons. The first kappa shape index (κ1) is 19.8. The van der Waals surface area contributed by atoms with Gasteiger partial charge in [0.05, 0.1) is 19.5 Å². The van der Waals surface area contributed by atoms with Crippen molar-refractivity contribution in [2.45, 2.75) is 38.1 Å². The van der Waals surface area contributed by atoms with E-state index in [9.17, 15) is 9.18 Å². The number of aromatic nitrogens is 2. The molecule has 0 unspecified atom stereocenters. The number of aliphatic imine (C=N–C) groups is 1. The molecule has 3 N–H and O–H groups in total. The number of nitrogens with zero attached hydrogens (tertiary/aromatic N) is 3. The van der Waals surface area contributed by atoms with E-state index in [0.717, 1.165) is 37.0 Å². The maximum atomic E-state index is 14.9. The quantitative estimate of drug-likeness (QED) is 0.799. The van der Waals surface area contributed by atoms with Crippen molar-refractivity contribution in [2.24, 2.45) is 10.7 Å². The van der Waals surface area contributed by atoms with Gasteiger partial charge in [-0.2, -0.15) is 0 Å². The molecular weight excluding hydrogens is 389 g/mol. The van der Waals surface area contributed by atoms with Crippen LogP contribution in [0, 0.1) is 5.82 Å². The van der Waals surface area contributed by atoms with E-state index in [2.05, 4.69) is 20.3 Å². The lowest BCUT2D eigenvalue weighted by Crippen LogP contribution is -2.36. The first-order chi connectivity index (χ1) is 14.4. The molecule has 1 aromatic carbocycles. The van der Waals surface area contributed by atoms with Crippen LogP contribution in [0.2, 0.25) is 0 Å². The van der Waals surface area contributed by atoms with E-state index in [-0.39, 0.29) is 11.7 Å². The highest BCUT2D eigenvalue weighted by Gasteiger charge is 2.40. The molecule has 0 spiro atoms. The molecule has 156 valence electrons. The number of anilines is 1. The van der Waals surface area contributed by atoms with E-state index in [4.69, 9.17) is 15.2 Å². The first-order valence-electron chi connectivity index (χ1n) is 9.64. The van der Waals surface area contributed by atoms with Crippen molar-refractivity contribution in [2.75, 3.05) is 12.4 Å². The van der Waals surface area contributed by atoms with E-state index in [1.54, 1.807) is 6.07 Å². The highest BCUT2D eigenvalue weighted by Crippen LogP contribution is 2.45. The second-order valence-electron chi connectivity index (χ2n) is 7.33. The fourth-order valence-electron chi connectivity index (χ4n) is 3.87. The summed E-state index contributed by atoms with van der Waals surface area (Å²) in [4.78, 5) is 25.0. The minimum absolute atomic E-state index is 0.0143. The molecule has 1 aromatic heterocycles. The molecule has 0 fully saturated rings. The summed E-state index contributed by atoms with van der Waals surface area (Å²) in [6, 6.07) is 4.38. The van der Waals surface area contributed by atoms with Crippen LogP contribution in [-0.4, -0.2) is 29.0 Å². The lowest BCUT2D eigenvalue weighted by molar-refractivity contribution is 0.102. The molecule has 30 heavy (non-hydrogen) atoms. The van der Waals surface area contributed by atoms with Crippen LogP contribution in [0.15, 0.2) is 46.9 Å². The molecule has 0 saturated carbocycles. The summed E-state index contributed by atoms with van der Waals surface area (Å²) in [5.41, 5.74) is 6.67. The summed E-state index contributed by atoms with van der Waals surface area (Å²) in [7, 11) is 1.46. The van der Waals surface area contributed by atoms with Crippen molar-refractivity contribution in [3.8, 4) is 5.88 Å². The van der Waals surface area contributed by atoms with Crippen molar-refractivity contribution in [3.05, 3.63) is 59.0 Å². The summed E-state index contributed by atoms with van der Waals surface area (Å²) in [6.07, 6.45) is 6.12. The van der Waals surface area contributed by atoms with Gasteiger partial charge in [-0.15, -0.1) is 0 Å². The molecule has 2 aliphatic rings. The highest BCUT2D eigenvalue weighted by atomic mass is 19.1. The third kappa shape index (κ3) is 3.58. The van der Waals surface area contributed by atoms with Crippen molar-refractivity contribution in [1.29, 1.82) is 0 Å². The van der Waals surface area contributed by atoms with Gasteiger partial charge in [-0.25, -0.2) is 19.4 Å². The van der Waals surface area contributed by atoms with Gasteiger partial charge in [-0.1, -0.05) is 0 Å². The van der Waals surface area contributed by atoms with Crippen molar-refractivity contribution in [3.63, 3.8) is 0 Å². The fraction of sp³-hybridized carbons (Fsp3) is 0.333. The number of nitrogens with one attached hydrogen (secondary N) is 1. The van der Waals surface area contributed by atoms with Crippen molar-refractivity contribution in [1.82, 2.24) is 9.97 Å². The van der Waals surface area contributed by atoms with E-state index in [0.29, 0.717) is 17.1 Å². The smallest absolute Gasteiger partial charge is 0.288 e. The van der Waals surface area contributed by atoms with Gasteiger partial charge in [-0.3, -0.25) is 4.79 Å². The molecular formula is C21H22FN5O3. The molecule has 2 heterocycles. The Labute approximate surface area is 173 Å². The minimum Gasteiger partial charge on any atom is -0.480 e. The van der Waals surface area contributed by atoms with Crippen LogP contribution in [0.3, 0.4) is 0 Å². The Morgan fingerprint density at radius 3 is 2.80 bits per heavy atom. The normalized spacial score (nSPS) is 20.7. The Morgan fingerprint density at radius 2 is 2.07 bits per heavy atom. The van der Waals surface area contributed by atoms with Crippen LogP contribution >= 0.6 is 0 Å². The van der Waals surface area contributed by atoms with Crippen LogP contribution in [-0.2, 0) is 10.3 Å². The number of carbonyl (C=O) groups is 1. The third-order valence-corrected chi connectivity index (χ3v) is 5.39. The van der Waals surface area contributed by atoms with Gasteiger partial charge in [-0.05, 0) is 44.4 Å². The van der Waals surface area contributed by atoms with Gasteiger partial charge < -0.3 is 20.5 Å². The summed E-state index contributed by atoms with van der Waals surface area (Å²) < 4.78 is 25.5. The zero-order valence-corrected chi connectivity index (χ0v) is 16.7. The Kier molecular flexibility index (Phi) is 5.11. The van der Waals surface area contributed by atoms with Crippen LogP contribution < -0.4 is 15.8 Å². The molecule has 8 nitrogen and oxygen atoms in total. The van der Waals surface area contributed by atoms with Crippen molar-refractivity contribution >= 4 is 17.6 Å². The minimum atomic E-state index is -0.997. The molecule has 1 aliphatic heterocycles. The van der Waals surface area contributed by atoms with E-state index in [1.807, 2.05) is 6.92 Å². The van der Waals surface area contributed by atoms with E-state index in [1.165, 1.54) is 31.6 Å². The molecule has 2 aromatic rings. The number of hydrogen-bond acceptors (Lipinski definition) is 7. The standard InChI is InChI=1S/C21H22FN5O3/c1-21(13-5-3-4-6-17(13)30-20(23)27-21)14-9-12(7-8-15(14)22)26-19(28)16-10-25-18(29-2)11-24-16/h7-11H,3-6H2,1-2H3,(H2,23,27)(H,26,28)/t21-/m0/s1. The lowest BCUT2D eigenvalue weighted by atomic mass is 9.78. The number of amides is 1. The average Bonchev–Trinajstić information content (AvgIpc) is 2.75. The monoisotopic (exact) mass is 411 g/mol. The molecule has 0 saturated heterocycles. The number of rotatable bonds is 4. The molecule has 1 aliphatic carbocycles. The molecule has 4 rings (SSSR count). The number of benzene rings is 1. The predicted octanol–water partition coefficient (Wildman–Crippen LogP) is 3.26. The topological polar surface area (TPSA) is 112 Å². The van der Waals surface area contributed by atoms with Crippen molar-refractivity contribution < 1.29 is 18.7 Å². The van der Waals surface area contributed by atoms with E-state index >= 15 is 0 Å². The maximum absolute atomic E-state index is 14.9. The van der Waals surface area contributed by atoms with Gasteiger partial charge in [0.15, 0.2) is 0 Å². The maximum Gasteiger partial charge on any atom is 0.288 e. The molecule has 0 bridgehead atoms. The van der Waals surface area contributed by atoms with Crippen LogP contribution in [0.25, 0.3) is 0 Å². The van der Waals surface area contributed by atoms with Crippen LogP contribution in [0.1, 0.15) is 48.7 Å². The third-order valence-electron chi connectivity index (χ3n) is 5.39. The summed E-state index contributed by atoms with van der Waals surface area (Å²) >= 11 is 0. The molecule has 1 amide bonds. The number of halogens is 1. The van der Waals surface area contributed by atoms with Gasteiger partial charge in [0.25, 0.3) is 11.9 Å². The summed E-state index contributed by atoms with van der Waals surface area (Å²) in [5.74, 6) is 0.157. The first-order valence-corrected chi connectivity index (χ1v) is 9.64. The number of amidine groups is 1. The molecule has 9 heteroatoms. The second-order valence-corrected chi connectivity index (χ2v) is 7.33. The molecule has 1 atom stereocenters. The Hall–Kier alpha value is -3.49. The highest BCUT2D eigenvalue weighted by molar-refractivity contribution is 6.02. The number of hydrogen-bond donors (Lipinski definition) is 2. The van der Waals surface area contributed by atoms with Gasteiger partial charge in [0.2, 0.25) is 5.88 Å². The lowest BCUT2D eigenvalue weighted by Gasteiger charge is -2.37. The second kappa shape index (κ2) is 7.74. The van der Waals surface area contributed by atoms with Gasteiger partial charge >= 0.3 is 0 Å². The van der Waals surface area contributed by atoms with E-state index < -0.39 is 17.3 Å². The number of nitrogens with two attached hydrogens (primary N) is 1. The fourth-order valence-corrected chi connectivity index (χ4v) is 3.87. The largest absolute Gasteiger partial charge is 0.480 e. The Balaban J connectivity index is 1.67. The Bertz CT molecular complexity index is 1050. The average molecular weight is 411 g/mol. The Morgan fingerprint density at radius 1 is 1.27 bits per heavy atom.